The number of hydrogen-bond acceptors (Lipinski definition) is 7. The summed E-state index contributed by atoms with van der Waals surface area (Å²) in [5, 5.41) is 24.0. The predicted octanol–water partition coefficient (Wildman–Crippen LogP) is 1.61. The van der Waals surface area contributed by atoms with Crippen LogP contribution in [0.5, 0.6) is 5.75 Å². The molecule has 42 heavy (non-hydrogen) atoms. The molecule has 2 fully saturated rings. The number of carboxylic acid groups (broad SMARTS) is 1. The van der Waals surface area contributed by atoms with E-state index in [4.69, 9.17) is 4.74 Å². The predicted molar refractivity (Wildman–Crippen MR) is 160 cm³/mol. The van der Waals surface area contributed by atoms with Crippen molar-refractivity contribution in [1.82, 2.24) is 26.6 Å². The molecule has 0 unspecified atom stereocenters. The number of aliphatic carboxylic acids is 1. The molecule has 1 atom stereocenters. The lowest BCUT2D eigenvalue weighted by Crippen LogP contribution is -2.51. The zero-order valence-corrected chi connectivity index (χ0v) is 24.9. The van der Waals surface area contributed by atoms with Crippen molar-refractivity contribution in [3.05, 3.63) is 29.8 Å². The van der Waals surface area contributed by atoms with E-state index in [-0.39, 0.29) is 24.9 Å². The lowest BCUT2D eigenvalue weighted by atomic mass is 9.84. The molecule has 0 spiro atoms. The SMILES string of the molecule is COc1ccc(CCNC(=O)[C@H](CC(=O)O)NC(=O)CNC(=O)C(CCC2CCNCC2)CCC2CCNCC2)cc1. The van der Waals surface area contributed by atoms with Crippen LogP contribution in [-0.2, 0) is 25.6 Å². The minimum atomic E-state index is -1.24. The molecule has 2 aliphatic heterocycles. The van der Waals surface area contributed by atoms with Gasteiger partial charge >= 0.3 is 5.97 Å². The summed E-state index contributed by atoms with van der Waals surface area (Å²) in [6, 6.07) is 6.18. The highest BCUT2D eigenvalue weighted by Crippen LogP contribution is 2.26. The van der Waals surface area contributed by atoms with Gasteiger partial charge in [0.25, 0.3) is 0 Å². The van der Waals surface area contributed by atoms with Crippen molar-refractivity contribution in [2.75, 3.05) is 46.4 Å². The van der Waals surface area contributed by atoms with Crippen molar-refractivity contribution in [3.63, 3.8) is 0 Å². The minimum absolute atomic E-state index is 0.147. The fraction of sp³-hybridized carbons (Fsp3) is 0.677. The van der Waals surface area contributed by atoms with Crippen LogP contribution in [0, 0.1) is 17.8 Å². The highest BCUT2D eigenvalue weighted by Gasteiger charge is 2.26. The zero-order chi connectivity index (χ0) is 30.2. The summed E-state index contributed by atoms with van der Waals surface area (Å²) in [4.78, 5) is 50.0. The lowest BCUT2D eigenvalue weighted by molar-refractivity contribution is -0.140. The van der Waals surface area contributed by atoms with E-state index in [9.17, 15) is 24.3 Å². The number of hydrogen-bond donors (Lipinski definition) is 6. The lowest BCUT2D eigenvalue weighted by Gasteiger charge is -2.27. The van der Waals surface area contributed by atoms with Crippen LogP contribution in [0.25, 0.3) is 0 Å². The minimum Gasteiger partial charge on any atom is -0.497 e. The molecule has 1 aromatic carbocycles. The van der Waals surface area contributed by atoms with Gasteiger partial charge in [-0.25, -0.2) is 0 Å². The number of methoxy groups -OCH3 is 1. The first-order valence-electron chi connectivity index (χ1n) is 15.4. The molecule has 3 rings (SSSR count). The van der Waals surface area contributed by atoms with Gasteiger partial charge in [0.05, 0.1) is 20.1 Å². The second kappa shape index (κ2) is 18.4. The Morgan fingerprint density at radius 1 is 0.881 bits per heavy atom. The van der Waals surface area contributed by atoms with Gasteiger partial charge in [0.15, 0.2) is 0 Å². The Morgan fingerprint density at radius 2 is 1.45 bits per heavy atom. The fourth-order valence-corrected chi connectivity index (χ4v) is 5.81. The molecular weight excluding hydrogens is 538 g/mol. The third kappa shape index (κ3) is 12.4. The summed E-state index contributed by atoms with van der Waals surface area (Å²) >= 11 is 0. The largest absolute Gasteiger partial charge is 0.497 e. The molecule has 2 saturated heterocycles. The number of amides is 3. The molecule has 0 radical (unpaired) electrons. The van der Waals surface area contributed by atoms with Gasteiger partial charge in [0.1, 0.15) is 11.8 Å². The van der Waals surface area contributed by atoms with Crippen molar-refractivity contribution < 1.29 is 29.0 Å². The fourth-order valence-electron chi connectivity index (χ4n) is 5.81. The number of benzene rings is 1. The second-order valence-electron chi connectivity index (χ2n) is 11.6. The molecule has 0 saturated carbocycles. The summed E-state index contributed by atoms with van der Waals surface area (Å²) in [6.45, 7) is 4.05. The van der Waals surface area contributed by atoms with Gasteiger partial charge < -0.3 is 36.4 Å². The molecule has 0 aliphatic carbocycles. The smallest absolute Gasteiger partial charge is 0.305 e. The van der Waals surface area contributed by atoms with Gasteiger partial charge in [-0.05, 0) is 113 Å². The molecule has 11 heteroatoms. The standard InChI is InChI=1S/C31H49N5O6/c1-42-26-8-4-22(5-9-26)14-19-34-31(41)27(20-29(38)39)36-28(37)21-35-30(40)25(6-2-23-10-15-32-16-11-23)7-3-24-12-17-33-18-13-24/h4-5,8-9,23-25,27,32-33H,2-3,6-7,10-21H2,1H3,(H,34,41)(H,35,40)(H,36,37)(H,38,39)/t27-/m0/s1. The van der Waals surface area contributed by atoms with E-state index in [0.29, 0.717) is 18.3 Å². The van der Waals surface area contributed by atoms with Gasteiger partial charge in [-0.3, -0.25) is 19.2 Å². The Bertz CT molecular complexity index is 970. The normalized spacial score (nSPS) is 16.9. The molecule has 3 amide bonds. The Hall–Kier alpha value is -3.18. The Kier molecular flexibility index (Phi) is 14.6. The highest BCUT2D eigenvalue weighted by molar-refractivity contribution is 5.92. The Morgan fingerprint density at radius 3 is 1.98 bits per heavy atom. The van der Waals surface area contributed by atoms with Crippen LogP contribution in [0.15, 0.2) is 24.3 Å². The molecule has 6 N–H and O–H groups in total. The van der Waals surface area contributed by atoms with Crippen LogP contribution in [0.4, 0.5) is 0 Å². The van der Waals surface area contributed by atoms with Gasteiger partial charge in [0.2, 0.25) is 17.7 Å². The maximum atomic E-state index is 13.2. The van der Waals surface area contributed by atoms with Crippen LogP contribution in [-0.4, -0.2) is 81.2 Å². The van der Waals surface area contributed by atoms with Crippen molar-refractivity contribution in [3.8, 4) is 5.75 Å². The van der Waals surface area contributed by atoms with Crippen LogP contribution < -0.4 is 31.3 Å². The van der Waals surface area contributed by atoms with Gasteiger partial charge in [-0.1, -0.05) is 12.1 Å². The van der Waals surface area contributed by atoms with E-state index in [1.54, 1.807) is 7.11 Å². The molecule has 2 aliphatic rings. The van der Waals surface area contributed by atoms with Crippen LogP contribution in [0.3, 0.4) is 0 Å². The second-order valence-corrected chi connectivity index (χ2v) is 11.6. The average molecular weight is 588 g/mol. The van der Waals surface area contributed by atoms with E-state index >= 15 is 0 Å². The Labute approximate surface area is 249 Å². The van der Waals surface area contributed by atoms with Crippen molar-refractivity contribution >= 4 is 23.7 Å². The van der Waals surface area contributed by atoms with E-state index in [0.717, 1.165) is 88.9 Å². The first-order valence-corrected chi connectivity index (χ1v) is 15.4. The summed E-state index contributed by atoms with van der Waals surface area (Å²) in [5.74, 6) is -0.722. The van der Waals surface area contributed by atoms with Crippen molar-refractivity contribution in [1.29, 1.82) is 0 Å². The molecular formula is C31H49N5O6. The number of piperidine rings is 2. The van der Waals surface area contributed by atoms with E-state index in [2.05, 4.69) is 26.6 Å². The zero-order valence-electron chi connectivity index (χ0n) is 24.9. The van der Waals surface area contributed by atoms with Gasteiger partial charge in [0, 0.05) is 12.5 Å². The molecule has 1 aromatic rings. The summed E-state index contributed by atoms with van der Waals surface area (Å²) in [6.07, 6.45) is 8.05. The number of rotatable bonds is 17. The van der Waals surface area contributed by atoms with E-state index in [1.807, 2.05) is 24.3 Å². The number of carbonyl (C=O) groups is 4. The number of carboxylic acids is 1. The van der Waals surface area contributed by atoms with E-state index in [1.165, 1.54) is 0 Å². The van der Waals surface area contributed by atoms with Gasteiger partial charge in [-0.15, -0.1) is 0 Å². The van der Waals surface area contributed by atoms with Crippen molar-refractivity contribution in [2.24, 2.45) is 17.8 Å². The molecule has 0 aromatic heterocycles. The molecule has 0 bridgehead atoms. The summed E-state index contributed by atoms with van der Waals surface area (Å²) in [5.41, 5.74) is 0.979. The van der Waals surface area contributed by atoms with Crippen LogP contribution in [0.2, 0.25) is 0 Å². The summed E-state index contributed by atoms with van der Waals surface area (Å²) < 4.78 is 5.14. The summed E-state index contributed by atoms with van der Waals surface area (Å²) in [7, 11) is 1.59. The first kappa shape index (κ1) is 33.3. The average Bonchev–Trinajstić information content (AvgIpc) is 3.00. The van der Waals surface area contributed by atoms with Crippen molar-refractivity contribution in [2.45, 2.75) is 70.3 Å². The molecule has 11 nitrogen and oxygen atoms in total. The molecule has 234 valence electrons. The number of carbonyl (C=O) groups excluding carboxylic acids is 3. The maximum absolute atomic E-state index is 13.2. The Balaban J connectivity index is 1.47. The maximum Gasteiger partial charge on any atom is 0.305 e. The van der Waals surface area contributed by atoms with Gasteiger partial charge in [-0.2, -0.15) is 0 Å². The first-order chi connectivity index (χ1) is 20.3. The van der Waals surface area contributed by atoms with Crippen LogP contribution in [0.1, 0.15) is 63.4 Å². The third-order valence-corrected chi connectivity index (χ3v) is 8.46. The van der Waals surface area contributed by atoms with E-state index < -0.39 is 30.2 Å². The number of ether oxygens (including phenoxy) is 1. The highest BCUT2D eigenvalue weighted by atomic mass is 16.5. The quantitative estimate of drug-likeness (QED) is 0.160. The molecule has 2 heterocycles. The van der Waals surface area contributed by atoms with Crippen LogP contribution >= 0.6 is 0 Å². The monoisotopic (exact) mass is 587 g/mol. The number of nitrogens with one attached hydrogen (secondary N) is 5. The topological polar surface area (TPSA) is 158 Å². The third-order valence-electron chi connectivity index (χ3n) is 8.46.